The molecule has 3 aromatic carbocycles. The van der Waals surface area contributed by atoms with Gasteiger partial charge in [-0.1, -0.05) is 54.6 Å². The summed E-state index contributed by atoms with van der Waals surface area (Å²) in [7, 11) is 1.00. The number of ether oxygens (including phenoxy) is 1. The molecule has 248 valence electrons. The van der Waals surface area contributed by atoms with Gasteiger partial charge in [0.2, 0.25) is 0 Å². The number of benzene rings is 3. The highest BCUT2D eigenvalue weighted by Crippen LogP contribution is 2.33. The van der Waals surface area contributed by atoms with Gasteiger partial charge in [-0.15, -0.1) is 0 Å². The summed E-state index contributed by atoms with van der Waals surface area (Å²) in [4.78, 5) is 24.8. The highest BCUT2D eigenvalue weighted by Gasteiger charge is 2.18. The van der Waals surface area contributed by atoms with Gasteiger partial charge in [0.1, 0.15) is 5.69 Å². The van der Waals surface area contributed by atoms with E-state index in [0.717, 1.165) is 57.5 Å². The van der Waals surface area contributed by atoms with Crippen molar-refractivity contribution in [2.24, 2.45) is 4.99 Å². The van der Waals surface area contributed by atoms with Crippen molar-refractivity contribution in [1.82, 2.24) is 14.8 Å². The summed E-state index contributed by atoms with van der Waals surface area (Å²) in [6, 6.07) is 22.3. The van der Waals surface area contributed by atoms with Crippen LogP contribution in [0.1, 0.15) is 21.5 Å². The van der Waals surface area contributed by atoms with Crippen molar-refractivity contribution in [3.05, 3.63) is 95.3 Å². The zero-order valence-corrected chi connectivity index (χ0v) is 26.8. The van der Waals surface area contributed by atoms with E-state index in [1.807, 2.05) is 24.3 Å². The molecule has 4 aromatic rings. The molecular weight excluding hydrogens is 601 g/mol. The minimum atomic E-state index is -1.04. The van der Waals surface area contributed by atoms with Crippen molar-refractivity contribution in [2.75, 3.05) is 65.0 Å². The largest absolute Gasteiger partial charge is 0.478 e. The van der Waals surface area contributed by atoms with Gasteiger partial charge in [0.25, 0.3) is 0 Å². The number of aromatic nitrogens is 1. The number of hydrogen-bond acceptors (Lipinski definition) is 9. The third-order valence-electron chi connectivity index (χ3n) is 7.96. The van der Waals surface area contributed by atoms with Crippen molar-refractivity contribution in [3.8, 4) is 22.4 Å². The lowest BCUT2D eigenvalue weighted by molar-refractivity contribution is 0.0564. The van der Waals surface area contributed by atoms with Crippen LogP contribution in [0.5, 0.6) is 0 Å². The summed E-state index contributed by atoms with van der Waals surface area (Å²) in [6.45, 7) is 12.2. The van der Waals surface area contributed by atoms with Crippen LogP contribution in [0.2, 0.25) is 0 Å². The van der Waals surface area contributed by atoms with Crippen LogP contribution in [0, 0.1) is 12.7 Å². The van der Waals surface area contributed by atoms with Gasteiger partial charge < -0.3 is 25.4 Å². The molecule has 0 unspecified atom stereocenters. The minimum absolute atomic E-state index is 0.0632. The number of nitrogens with one attached hydrogen (secondary N) is 1. The van der Waals surface area contributed by atoms with Gasteiger partial charge in [-0.25, -0.2) is 19.2 Å². The molecule has 1 fully saturated rings. The summed E-state index contributed by atoms with van der Waals surface area (Å²) in [6.07, 6.45) is 0. The zero-order chi connectivity index (χ0) is 33.8. The van der Waals surface area contributed by atoms with E-state index in [-0.39, 0.29) is 29.4 Å². The molecule has 0 aliphatic carbocycles. The van der Waals surface area contributed by atoms with Crippen LogP contribution in [-0.4, -0.2) is 102 Å². The number of aliphatic imine (C=N–C) groups is 1. The first-order chi connectivity index (χ1) is 22.8. The van der Waals surface area contributed by atoms with Crippen LogP contribution >= 0.6 is 0 Å². The van der Waals surface area contributed by atoms with E-state index < -0.39 is 11.8 Å². The molecule has 0 bridgehead atoms. The number of hydrogen-bond donors (Lipinski definition) is 4. The Morgan fingerprint density at radius 1 is 0.936 bits per heavy atom. The number of aliphatic hydroxyl groups excluding tert-OH is 2. The van der Waals surface area contributed by atoms with Crippen molar-refractivity contribution in [1.29, 1.82) is 0 Å². The Bertz CT molecular complexity index is 1620. The number of aromatic carboxylic acids is 1. The Kier molecular flexibility index (Phi) is 13.1. The highest BCUT2D eigenvalue weighted by molar-refractivity contribution is 5.91. The summed E-state index contributed by atoms with van der Waals surface area (Å²) in [5.41, 5.74) is 5.63. The fourth-order valence-corrected chi connectivity index (χ4v) is 5.39. The number of piperazine rings is 1. The van der Waals surface area contributed by atoms with E-state index >= 15 is 4.39 Å². The predicted octanol–water partition coefficient (Wildman–Crippen LogP) is 5.37. The molecule has 47 heavy (non-hydrogen) atoms. The first-order valence-corrected chi connectivity index (χ1v) is 15.4. The maximum atomic E-state index is 15.3. The fraction of sp³-hybridized carbons (Fsp3) is 0.306. The fourth-order valence-electron chi connectivity index (χ4n) is 5.39. The third-order valence-corrected chi connectivity index (χ3v) is 7.96. The normalized spacial score (nSPS) is 13.5. The average molecular weight is 644 g/mol. The second-order valence-corrected chi connectivity index (χ2v) is 11.0. The maximum absolute atomic E-state index is 15.3. The number of carbonyl (C=O) groups is 1. The van der Waals surface area contributed by atoms with Gasteiger partial charge in [-0.2, -0.15) is 0 Å². The van der Waals surface area contributed by atoms with Crippen molar-refractivity contribution >= 4 is 29.9 Å². The van der Waals surface area contributed by atoms with E-state index in [0.29, 0.717) is 30.0 Å². The van der Waals surface area contributed by atoms with E-state index in [1.165, 1.54) is 17.7 Å². The molecule has 1 aliphatic rings. The van der Waals surface area contributed by atoms with E-state index in [1.54, 1.807) is 19.1 Å². The first kappa shape index (κ1) is 35.3. The summed E-state index contributed by atoms with van der Waals surface area (Å²) < 4.78 is 20.7. The quantitative estimate of drug-likeness (QED) is 0.112. The first-order valence-electron chi connectivity index (χ1n) is 15.4. The second kappa shape index (κ2) is 17.4. The lowest BCUT2D eigenvalue weighted by Crippen LogP contribution is -2.46. The number of carboxylic acid groups (broad SMARTS) is 1. The molecule has 2 heterocycles. The Morgan fingerprint density at radius 3 is 2.17 bits per heavy atom. The number of nitrogens with zero attached hydrogens (tertiary/aromatic N) is 4. The van der Waals surface area contributed by atoms with E-state index in [9.17, 15) is 9.90 Å². The van der Waals surface area contributed by atoms with Crippen LogP contribution in [0.15, 0.2) is 77.8 Å². The predicted molar refractivity (Wildman–Crippen MR) is 183 cm³/mol. The average Bonchev–Trinajstić information content (AvgIpc) is 3.09. The molecule has 10 nitrogen and oxygen atoms in total. The maximum Gasteiger partial charge on any atom is 0.336 e. The summed E-state index contributed by atoms with van der Waals surface area (Å²) in [5, 5.41) is 28.3. The molecule has 1 aliphatic heterocycles. The molecule has 4 N–H and O–H groups in total. The summed E-state index contributed by atoms with van der Waals surface area (Å²) in [5.74, 6) is -1.37. The molecule has 1 aromatic heterocycles. The van der Waals surface area contributed by atoms with Crippen LogP contribution in [0.4, 0.5) is 21.6 Å². The molecule has 0 atom stereocenters. The molecule has 1 saturated heterocycles. The molecule has 5 rings (SSSR count). The third kappa shape index (κ3) is 9.50. The molecule has 0 amide bonds. The number of aryl methyl sites for hydroxylation is 1. The number of carboxylic acids is 1. The standard InChI is InChI=1S/C35H38FN5O4.CH4O/c1-24-3-12-29(21-30(24)35(43)44)38-32-22-31(36)33(39-34(32)37-2)28-10-8-27(9-11-28)26-6-4-25(5-7-26)23-41-15-13-40(14-16-41)17-19-45-20-18-42;1-2/h3-12,21-22,38,42H,2,13-20,23H2,1H3,(H,43,44);2H,1H3. The lowest BCUT2D eigenvalue weighted by Gasteiger charge is -2.34. The second-order valence-electron chi connectivity index (χ2n) is 11.0. The van der Waals surface area contributed by atoms with Gasteiger partial charge >= 0.3 is 5.97 Å². The van der Waals surface area contributed by atoms with Gasteiger partial charge in [-0.05, 0) is 48.0 Å². The van der Waals surface area contributed by atoms with E-state index in [2.05, 4.69) is 56.1 Å². The molecular formula is C36H42FN5O5. The molecule has 0 saturated carbocycles. The van der Waals surface area contributed by atoms with Gasteiger partial charge in [-0.3, -0.25) is 9.80 Å². The molecule has 0 radical (unpaired) electrons. The summed E-state index contributed by atoms with van der Waals surface area (Å²) >= 11 is 0. The van der Waals surface area contributed by atoms with Gasteiger partial charge in [0.05, 0.1) is 31.1 Å². The van der Waals surface area contributed by atoms with E-state index in [4.69, 9.17) is 14.9 Å². The van der Waals surface area contributed by atoms with Crippen LogP contribution in [0.25, 0.3) is 22.4 Å². The smallest absolute Gasteiger partial charge is 0.336 e. The van der Waals surface area contributed by atoms with Crippen LogP contribution in [-0.2, 0) is 11.3 Å². The Morgan fingerprint density at radius 2 is 1.55 bits per heavy atom. The number of pyridine rings is 1. The van der Waals surface area contributed by atoms with Crippen LogP contribution < -0.4 is 5.32 Å². The number of halogens is 1. The van der Waals surface area contributed by atoms with Crippen molar-refractivity contribution in [2.45, 2.75) is 13.5 Å². The van der Waals surface area contributed by atoms with Crippen molar-refractivity contribution < 1.29 is 29.2 Å². The van der Waals surface area contributed by atoms with Crippen LogP contribution in [0.3, 0.4) is 0 Å². The molecule has 11 heteroatoms. The highest BCUT2D eigenvalue weighted by atomic mass is 19.1. The topological polar surface area (TPSA) is 131 Å². The number of rotatable bonds is 13. The van der Waals surface area contributed by atoms with Gasteiger partial charge in [0, 0.05) is 63.7 Å². The lowest BCUT2D eigenvalue weighted by atomic mass is 10.0. The zero-order valence-electron chi connectivity index (χ0n) is 26.8. The minimum Gasteiger partial charge on any atom is -0.478 e. The van der Waals surface area contributed by atoms with Gasteiger partial charge in [0.15, 0.2) is 11.6 Å². The number of aliphatic hydroxyl groups is 2. The Balaban J connectivity index is 0.00000245. The SMILES string of the molecule is C=Nc1nc(-c2ccc(-c3ccc(CN4CCN(CCOCCO)CC4)cc3)cc2)c(F)cc1Nc1ccc(C)c(C(=O)O)c1.CO. The Labute approximate surface area is 274 Å². The number of anilines is 2. The Hall–Kier alpha value is -4.52. The monoisotopic (exact) mass is 643 g/mol. The molecule has 0 spiro atoms. The van der Waals surface area contributed by atoms with Crippen molar-refractivity contribution in [3.63, 3.8) is 0 Å².